The molecule has 98 valence electrons. The standard InChI is InChI=1S/C13H19FN4/c1-10(13(15)16)17-6-8-18(9-7-17)12-5-3-2-4-11(12)14/h2-5,10H,6-9H2,1H3,(H3,15,16). The molecule has 0 amide bonds. The van der Waals surface area contributed by atoms with Gasteiger partial charge in [0.15, 0.2) is 0 Å². The van der Waals surface area contributed by atoms with Crippen LogP contribution in [-0.2, 0) is 0 Å². The zero-order valence-electron chi connectivity index (χ0n) is 10.6. The van der Waals surface area contributed by atoms with Gasteiger partial charge < -0.3 is 10.6 Å². The Kier molecular flexibility index (Phi) is 3.81. The summed E-state index contributed by atoms with van der Waals surface area (Å²) in [6, 6.07) is 6.81. The van der Waals surface area contributed by atoms with Crippen LogP contribution in [0.2, 0.25) is 0 Å². The first-order valence-corrected chi connectivity index (χ1v) is 6.17. The summed E-state index contributed by atoms with van der Waals surface area (Å²) in [5.41, 5.74) is 6.16. The number of rotatable bonds is 3. The Bertz CT molecular complexity index is 427. The number of para-hydroxylation sites is 1. The highest BCUT2D eigenvalue weighted by molar-refractivity contribution is 5.82. The number of benzene rings is 1. The van der Waals surface area contributed by atoms with Gasteiger partial charge in [0, 0.05) is 26.2 Å². The Morgan fingerprint density at radius 1 is 1.28 bits per heavy atom. The van der Waals surface area contributed by atoms with Crippen LogP contribution in [0.5, 0.6) is 0 Å². The maximum atomic E-state index is 13.6. The van der Waals surface area contributed by atoms with Gasteiger partial charge >= 0.3 is 0 Å². The van der Waals surface area contributed by atoms with Crippen molar-refractivity contribution in [3.05, 3.63) is 30.1 Å². The number of amidine groups is 1. The Balaban J connectivity index is 1.99. The number of nitrogens with one attached hydrogen (secondary N) is 1. The molecular weight excluding hydrogens is 231 g/mol. The number of hydrogen-bond donors (Lipinski definition) is 2. The van der Waals surface area contributed by atoms with Crippen LogP contribution in [0.25, 0.3) is 0 Å². The van der Waals surface area contributed by atoms with Gasteiger partial charge in [0.2, 0.25) is 0 Å². The summed E-state index contributed by atoms with van der Waals surface area (Å²) in [5, 5.41) is 7.45. The predicted octanol–water partition coefficient (Wildman–Crippen LogP) is 1.27. The average molecular weight is 250 g/mol. The number of nitrogens with zero attached hydrogens (tertiary/aromatic N) is 2. The average Bonchev–Trinajstić information content (AvgIpc) is 2.38. The molecule has 3 N–H and O–H groups in total. The molecule has 1 atom stereocenters. The molecule has 1 saturated heterocycles. The molecule has 0 radical (unpaired) electrons. The lowest BCUT2D eigenvalue weighted by atomic mass is 10.2. The number of anilines is 1. The van der Waals surface area contributed by atoms with Gasteiger partial charge in [-0.2, -0.15) is 0 Å². The molecule has 4 nitrogen and oxygen atoms in total. The molecule has 1 aliphatic heterocycles. The summed E-state index contributed by atoms with van der Waals surface area (Å²) in [4.78, 5) is 4.19. The molecule has 5 heteroatoms. The van der Waals surface area contributed by atoms with E-state index in [1.54, 1.807) is 12.1 Å². The first-order valence-electron chi connectivity index (χ1n) is 6.17. The van der Waals surface area contributed by atoms with E-state index in [4.69, 9.17) is 11.1 Å². The normalized spacial score (nSPS) is 18.7. The molecule has 0 bridgehead atoms. The van der Waals surface area contributed by atoms with Crippen LogP contribution in [-0.4, -0.2) is 43.0 Å². The third kappa shape index (κ3) is 2.61. The van der Waals surface area contributed by atoms with Crippen LogP contribution < -0.4 is 10.6 Å². The summed E-state index contributed by atoms with van der Waals surface area (Å²) < 4.78 is 13.6. The molecule has 0 spiro atoms. The van der Waals surface area contributed by atoms with Gasteiger partial charge in [-0.1, -0.05) is 12.1 Å². The Morgan fingerprint density at radius 3 is 2.44 bits per heavy atom. The van der Waals surface area contributed by atoms with E-state index >= 15 is 0 Å². The van der Waals surface area contributed by atoms with Crippen molar-refractivity contribution >= 4 is 11.5 Å². The maximum Gasteiger partial charge on any atom is 0.146 e. The van der Waals surface area contributed by atoms with Crippen LogP contribution >= 0.6 is 0 Å². The molecule has 1 heterocycles. The van der Waals surface area contributed by atoms with Gasteiger partial charge in [-0.3, -0.25) is 10.3 Å². The van der Waals surface area contributed by atoms with E-state index in [0.29, 0.717) is 5.69 Å². The fourth-order valence-electron chi connectivity index (χ4n) is 2.26. The van der Waals surface area contributed by atoms with E-state index in [1.165, 1.54) is 6.07 Å². The first kappa shape index (κ1) is 12.8. The highest BCUT2D eigenvalue weighted by atomic mass is 19.1. The number of nitrogens with two attached hydrogens (primary N) is 1. The molecule has 1 aliphatic rings. The van der Waals surface area contributed by atoms with Crippen molar-refractivity contribution in [1.82, 2.24) is 4.90 Å². The molecule has 1 fully saturated rings. The number of halogens is 1. The van der Waals surface area contributed by atoms with E-state index in [0.717, 1.165) is 26.2 Å². The van der Waals surface area contributed by atoms with Gasteiger partial charge in [0.1, 0.15) is 11.7 Å². The Morgan fingerprint density at radius 2 is 1.89 bits per heavy atom. The van der Waals surface area contributed by atoms with Crippen molar-refractivity contribution < 1.29 is 4.39 Å². The highest BCUT2D eigenvalue weighted by Crippen LogP contribution is 2.20. The molecule has 1 aromatic carbocycles. The van der Waals surface area contributed by atoms with E-state index < -0.39 is 0 Å². The van der Waals surface area contributed by atoms with Crippen molar-refractivity contribution in [3.8, 4) is 0 Å². The van der Waals surface area contributed by atoms with Crippen LogP contribution in [0.15, 0.2) is 24.3 Å². The van der Waals surface area contributed by atoms with E-state index in [-0.39, 0.29) is 17.7 Å². The fourth-order valence-corrected chi connectivity index (χ4v) is 2.26. The summed E-state index contributed by atoms with van der Waals surface area (Å²) in [5.74, 6) is 0.0138. The zero-order valence-corrected chi connectivity index (χ0v) is 10.6. The third-order valence-electron chi connectivity index (χ3n) is 3.51. The molecular formula is C13H19FN4. The SMILES string of the molecule is CC(C(=N)N)N1CCN(c2ccccc2F)CC1. The molecule has 2 rings (SSSR count). The summed E-state index contributed by atoms with van der Waals surface area (Å²) in [6.45, 7) is 5.06. The molecule has 1 unspecified atom stereocenters. The van der Waals surface area contributed by atoms with Crippen molar-refractivity contribution in [3.63, 3.8) is 0 Å². The predicted molar refractivity (Wildman–Crippen MR) is 71.6 cm³/mol. The lowest BCUT2D eigenvalue weighted by molar-refractivity contribution is 0.236. The minimum absolute atomic E-state index is 0.0345. The van der Waals surface area contributed by atoms with Crippen LogP contribution in [0.3, 0.4) is 0 Å². The van der Waals surface area contributed by atoms with E-state index in [9.17, 15) is 4.39 Å². The lowest BCUT2D eigenvalue weighted by Gasteiger charge is -2.38. The maximum absolute atomic E-state index is 13.6. The number of hydrogen-bond acceptors (Lipinski definition) is 3. The van der Waals surface area contributed by atoms with Crippen molar-refractivity contribution in [2.45, 2.75) is 13.0 Å². The second-order valence-corrected chi connectivity index (χ2v) is 4.61. The highest BCUT2D eigenvalue weighted by Gasteiger charge is 2.23. The molecule has 18 heavy (non-hydrogen) atoms. The Labute approximate surface area is 107 Å². The summed E-state index contributed by atoms with van der Waals surface area (Å²) >= 11 is 0. The second-order valence-electron chi connectivity index (χ2n) is 4.61. The van der Waals surface area contributed by atoms with Crippen LogP contribution in [0.1, 0.15) is 6.92 Å². The topological polar surface area (TPSA) is 56.4 Å². The first-order chi connectivity index (χ1) is 8.59. The summed E-state index contributed by atoms with van der Waals surface area (Å²) in [7, 11) is 0. The Hall–Kier alpha value is -1.62. The largest absolute Gasteiger partial charge is 0.386 e. The monoisotopic (exact) mass is 250 g/mol. The van der Waals surface area contributed by atoms with Crippen LogP contribution in [0.4, 0.5) is 10.1 Å². The van der Waals surface area contributed by atoms with Gasteiger partial charge in [0.25, 0.3) is 0 Å². The zero-order chi connectivity index (χ0) is 13.1. The van der Waals surface area contributed by atoms with Gasteiger partial charge in [-0.05, 0) is 19.1 Å². The lowest BCUT2D eigenvalue weighted by Crippen LogP contribution is -2.53. The van der Waals surface area contributed by atoms with Crippen molar-refractivity contribution in [2.24, 2.45) is 5.73 Å². The molecule has 1 aromatic rings. The van der Waals surface area contributed by atoms with Gasteiger partial charge in [0.05, 0.1) is 11.7 Å². The molecule has 0 saturated carbocycles. The van der Waals surface area contributed by atoms with Crippen molar-refractivity contribution in [2.75, 3.05) is 31.1 Å². The van der Waals surface area contributed by atoms with Gasteiger partial charge in [-0.15, -0.1) is 0 Å². The van der Waals surface area contributed by atoms with E-state index in [2.05, 4.69) is 4.90 Å². The quantitative estimate of drug-likeness (QED) is 0.627. The number of piperazine rings is 1. The minimum atomic E-state index is -0.175. The fraction of sp³-hybridized carbons (Fsp3) is 0.462. The van der Waals surface area contributed by atoms with Crippen LogP contribution in [0, 0.1) is 11.2 Å². The smallest absolute Gasteiger partial charge is 0.146 e. The second kappa shape index (κ2) is 5.35. The summed E-state index contributed by atoms with van der Waals surface area (Å²) in [6.07, 6.45) is 0. The third-order valence-corrected chi connectivity index (χ3v) is 3.51. The van der Waals surface area contributed by atoms with E-state index in [1.807, 2.05) is 17.9 Å². The van der Waals surface area contributed by atoms with Crippen molar-refractivity contribution in [1.29, 1.82) is 5.41 Å². The minimum Gasteiger partial charge on any atom is -0.386 e. The van der Waals surface area contributed by atoms with Gasteiger partial charge in [-0.25, -0.2) is 4.39 Å². The molecule has 0 aromatic heterocycles. The molecule has 0 aliphatic carbocycles.